The van der Waals surface area contributed by atoms with Gasteiger partial charge in [0.2, 0.25) is 0 Å². The van der Waals surface area contributed by atoms with Gasteiger partial charge in [0.1, 0.15) is 11.0 Å². The van der Waals surface area contributed by atoms with Gasteiger partial charge in [-0.05, 0) is 38.0 Å². The number of hydrogen-bond donors (Lipinski definition) is 0. The maximum absolute atomic E-state index is 11.3. The van der Waals surface area contributed by atoms with Crippen molar-refractivity contribution in [3.05, 3.63) is 35.2 Å². The number of ether oxygens (including phenoxy) is 2. The van der Waals surface area contributed by atoms with Gasteiger partial charge >= 0.3 is 5.97 Å². The summed E-state index contributed by atoms with van der Waals surface area (Å²) in [7, 11) is 1.34. The van der Waals surface area contributed by atoms with E-state index in [0.29, 0.717) is 11.1 Å². The largest absolute Gasteiger partial charge is 0.484 e. The summed E-state index contributed by atoms with van der Waals surface area (Å²) in [5, 5.41) is 7.70. The molecule has 0 bridgehead atoms. The number of hydrogen-bond acceptors (Lipinski definition) is 7. The number of aryl methyl sites for hydroxylation is 2. The van der Waals surface area contributed by atoms with Crippen molar-refractivity contribution in [1.82, 2.24) is 10.2 Å². The first-order valence-electron chi connectivity index (χ1n) is 6.76. The summed E-state index contributed by atoms with van der Waals surface area (Å²) in [6.45, 7) is 5.88. The van der Waals surface area contributed by atoms with Crippen LogP contribution in [0, 0.1) is 13.8 Å². The number of methoxy groups -OCH3 is 1. The molecule has 1 atom stereocenters. The Morgan fingerprint density at radius 2 is 2.14 bits per heavy atom. The Labute approximate surface area is 133 Å². The molecule has 0 amide bonds. The van der Waals surface area contributed by atoms with Gasteiger partial charge in [0.25, 0.3) is 11.1 Å². The van der Waals surface area contributed by atoms with Gasteiger partial charge in [-0.15, -0.1) is 10.2 Å². The van der Waals surface area contributed by atoms with Crippen LogP contribution in [0.2, 0.25) is 0 Å². The molecule has 0 aliphatic heterocycles. The molecular formula is C15H18N2O4S. The van der Waals surface area contributed by atoms with Crippen molar-refractivity contribution in [2.45, 2.75) is 37.9 Å². The van der Waals surface area contributed by atoms with Crippen LogP contribution in [0.5, 0.6) is 5.75 Å². The van der Waals surface area contributed by atoms with Gasteiger partial charge in [-0.1, -0.05) is 23.9 Å². The Hall–Kier alpha value is -2.02. The molecule has 0 saturated heterocycles. The lowest BCUT2D eigenvalue weighted by atomic mass is 10.1. The van der Waals surface area contributed by atoms with Crippen molar-refractivity contribution in [2.75, 3.05) is 7.11 Å². The second-order valence-electron chi connectivity index (χ2n) is 4.80. The van der Waals surface area contributed by atoms with Crippen LogP contribution < -0.4 is 4.74 Å². The van der Waals surface area contributed by atoms with Crippen LogP contribution in [0.25, 0.3) is 0 Å². The van der Waals surface area contributed by atoms with Crippen molar-refractivity contribution in [3.8, 4) is 5.75 Å². The zero-order valence-electron chi connectivity index (χ0n) is 13.0. The van der Waals surface area contributed by atoms with E-state index in [1.165, 1.54) is 7.11 Å². The van der Waals surface area contributed by atoms with E-state index < -0.39 is 5.25 Å². The number of carbonyl (C=O) groups excluding carboxylic acids is 1. The molecule has 1 aromatic carbocycles. The Bertz CT molecular complexity index is 657. The quantitative estimate of drug-likeness (QED) is 0.598. The van der Waals surface area contributed by atoms with Gasteiger partial charge in [-0.25, -0.2) is 0 Å². The summed E-state index contributed by atoms with van der Waals surface area (Å²) in [5.74, 6) is 0.812. The normalized spacial score (nSPS) is 12.0. The molecule has 1 aromatic heterocycles. The molecule has 0 fully saturated rings. The predicted molar refractivity (Wildman–Crippen MR) is 81.9 cm³/mol. The molecule has 6 nitrogen and oxygen atoms in total. The van der Waals surface area contributed by atoms with E-state index in [4.69, 9.17) is 9.15 Å². The Morgan fingerprint density at radius 3 is 2.86 bits per heavy atom. The molecule has 1 unspecified atom stereocenters. The van der Waals surface area contributed by atoms with Crippen molar-refractivity contribution in [3.63, 3.8) is 0 Å². The summed E-state index contributed by atoms with van der Waals surface area (Å²) in [6.07, 6.45) is 0. The van der Waals surface area contributed by atoms with E-state index in [1.54, 1.807) is 6.92 Å². The summed E-state index contributed by atoms with van der Waals surface area (Å²) >= 11 is 1.15. The second kappa shape index (κ2) is 7.31. The smallest absolute Gasteiger partial charge is 0.319 e. The third-order valence-electron chi connectivity index (χ3n) is 2.95. The van der Waals surface area contributed by atoms with Crippen LogP contribution in [-0.4, -0.2) is 28.5 Å². The molecular weight excluding hydrogens is 304 g/mol. The van der Waals surface area contributed by atoms with E-state index in [-0.39, 0.29) is 12.6 Å². The van der Waals surface area contributed by atoms with Gasteiger partial charge in [-0.2, -0.15) is 0 Å². The Kier molecular flexibility index (Phi) is 5.43. The van der Waals surface area contributed by atoms with E-state index >= 15 is 0 Å². The van der Waals surface area contributed by atoms with Crippen LogP contribution in [0.15, 0.2) is 27.8 Å². The molecule has 2 aromatic rings. The molecule has 0 saturated carbocycles. The number of nitrogens with zero attached hydrogens (tertiary/aromatic N) is 2. The third kappa shape index (κ3) is 4.24. The SMILES string of the molecule is COC(=O)C(C)Sc1nnc(COc2cc(C)ccc2C)o1. The van der Waals surface area contributed by atoms with E-state index in [1.807, 2.05) is 32.0 Å². The first-order valence-corrected chi connectivity index (χ1v) is 7.64. The lowest BCUT2D eigenvalue weighted by Crippen LogP contribution is -2.14. The van der Waals surface area contributed by atoms with Gasteiger partial charge < -0.3 is 13.9 Å². The number of thioether (sulfide) groups is 1. The standard InChI is InChI=1S/C15H18N2O4S/c1-9-5-6-10(2)12(7-9)20-8-13-16-17-15(21-13)22-11(3)14(18)19-4/h5-7,11H,8H2,1-4H3. The maximum Gasteiger partial charge on any atom is 0.319 e. The second-order valence-corrected chi connectivity index (χ2v) is 6.09. The average Bonchev–Trinajstić information content (AvgIpc) is 2.94. The molecule has 0 N–H and O–H groups in total. The summed E-state index contributed by atoms with van der Waals surface area (Å²) in [6, 6.07) is 5.98. The van der Waals surface area contributed by atoms with Crippen LogP contribution in [0.1, 0.15) is 23.9 Å². The number of carbonyl (C=O) groups is 1. The monoisotopic (exact) mass is 322 g/mol. The Morgan fingerprint density at radius 1 is 1.36 bits per heavy atom. The fourth-order valence-electron chi connectivity index (χ4n) is 1.71. The average molecular weight is 322 g/mol. The molecule has 2 rings (SSSR count). The molecule has 0 aliphatic rings. The van der Waals surface area contributed by atoms with Crippen LogP contribution in [-0.2, 0) is 16.1 Å². The van der Waals surface area contributed by atoms with Gasteiger partial charge in [0.15, 0.2) is 6.61 Å². The minimum Gasteiger partial charge on any atom is -0.484 e. The number of esters is 1. The van der Waals surface area contributed by atoms with Crippen molar-refractivity contribution >= 4 is 17.7 Å². The highest BCUT2D eigenvalue weighted by molar-refractivity contribution is 8.00. The fourth-order valence-corrected chi connectivity index (χ4v) is 2.44. The molecule has 1 heterocycles. The van der Waals surface area contributed by atoms with Gasteiger partial charge in [0, 0.05) is 0 Å². The third-order valence-corrected chi connectivity index (χ3v) is 3.87. The highest BCUT2D eigenvalue weighted by Gasteiger charge is 2.18. The van der Waals surface area contributed by atoms with Crippen LogP contribution >= 0.6 is 11.8 Å². The highest BCUT2D eigenvalue weighted by Crippen LogP contribution is 2.24. The molecule has 118 valence electrons. The van der Waals surface area contributed by atoms with Crippen molar-refractivity contribution in [1.29, 1.82) is 0 Å². The van der Waals surface area contributed by atoms with E-state index in [2.05, 4.69) is 14.9 Å². The van der Waals surface area contributed by atoms with E-state index in [9.17, 15) is 4.79 Å². The number of aromatic nitrogens is 2. The number of benzene rings is 1. The van der Waals surface area contributed by atoms with E-state index in [0.717, 1.165) is 28.6 Å². The maximum atomic E-state index is 11.3. The lowest BCUT2D eigenvalue weighted by Gasteiger charge is -2.07. The number of rotatable bonds is 6. The van der Waals surface area contributed by atoms with Crippen molar-refractivity contribution < 1.29 is 18.7 Å². The molecule has 0 aliphatic carbocycles. The Balaban J connectivity index is 1.95. The molecule has 7 heteroatoms. The zero-order chi connectivity index (χ0) is 16.1. The highest BCUT2D eigenvalue weighted by atomic mass is 32.2. The summed E-state index contributed by atoms with van der Waals surface area (Å²) < 4.78 is 15.8. The van der Waals surface area contributed by atoms with Gasteiger partial charge in [0.05, 0.1) is 7.11 Å². The lowest BCUT2D eigenvalue weighted by molar-refractivity contribution is -0.139. The molecule has 0 radical (unpaired) electrons. The summed E-state index contributed by atoms with van der Waals surface area (Å²) in [4.78, 5) is 11.3. The minimum absolute atomic E-state index is 0.185. The van der Waals surface area contributed by atoms with Crippen molar-refractivity contribution in [2.24, 2.45) is 0 Å². The zero-order valence-corrected chi connectivity index (χ0v) is 13.8. The fraction of sp³-hybridized carbons (Fsp3) is 0.400. The van der Waals surface area contributed by atoms with Crippen LogP contribution in [0.3, 0.4) is 0 Å². The van der Waals surface area contributed by atoms with Gasteiger partial charge in [-0.3, -0.25) is 4.79 Å². The summed E-state index contributed by atoms with van der Waals surface area (Å²) in [5.41, 5.74) is 2.16. The first kappa shape index (κ1) is 16.4. The molecule has 22 heavy (non-hydrogen) atoms. The molecule has 0 spiro atoms. The predicted octanol–water partition coefficient (Wildman–Crippen LogP) is 2.92. The minimum atomic E-state index is -0.404. The topological polar surface area (TPSA) is 74.5 Å². The van der Waals surface area contributed by atoms with Crippen LogP contribution in [0.4, 0.5) is 0 Å². The first-order chi connectivity index (χ1) is 10.5.